The van der Waals surface area contributed by atoms with Gasteiger partial charge in [-0.2, -0.15) is 35.9 Å². The zero-order valence-electron chi connectivity index (χ0n) is 17.8. The molecule has 0 radical (unpaired) electrons. The van der Waals surface area contributed by atoms with E-state index in [-0.39, 0.29) is 24.7 Å². The number of aryl methyl sites for hydroxylation is 1. The number of halogens is 6. The minimum Gasteiger partial charge on any atom is -0.426 e. The lowest BCUT2D eigenvalue weighted by Gasteiger charge is -2.39. The van der Waals surface area contributed by atoms with Crippen molar-refractivity contribution in [3.05, 3.63) is 35.4 Å². The van der Waals surface area contributed by atoms with Gasteiger partial charge in [-0.1, -0.05) is 29.8 Å². The molecule has 1 spiro atoms. The summed E-state index contributed by atoms with van der Waals surface area (Å²) in [4.78, 5) is 31.4. The Bertz CT molecular complexity index is 830. The van der Waals surface area contributed by atoms with Crippen LogP contribution in [0.25, 0.3) is 0 Å². The van der Waals surface area contributed by atoms with Crippen molar-refractivity contribution in [3.8, 4) is 0 Å². The molecule has 2 aliphatic heterocycles. The van der Waals surface area contributed by atoms with Gasteiger partial charge in [0.25, 0.3) is 6.10 Å². The minimum atomic E-state index is -5.70. The smallest absolute Gasteiger partial charge is 0.426 e. The normalized spacial score (nSPS) is 18.6. The molecule has 6 nitrogen and oxygen atoms in total. The maximum absolute atomic E-state index is 12.6. The number of piperidine rings is 1. The van der Waals surface area contributed by atoms with Crippen LogP contribution < -0.4 is 0 Å². The number of benzene rings is 1. The Labute approximate surface area is 186 Å². The first-order chi connectivity index (χ1) is 15.3. The fourth-order valence-electron chi connectivity index (χ4n) is 4.30. The van der Waals surface area contributed by atoms with E-state index in [0.717, 1.165) is 31.0 Å². The third-order valence-corrected chi connectivity index (χ3v) is 5.90. The van der Waals surface area contributed by atoms with E-state index in [9.17, 15) is 31.1 Å². The Hall–Kier alpha value is -2.59. The molecule has 33 heavy (non-hydrogen) atoms. The number of alkyl halides is 6. The van der Waals surface area contributed by atoms with Crippen molar-refractivity contribution in [1.82, 2.24) is 9.80 Å². The number of amides is 1. The Morgan fingerprint density at radius 2 is 1.61 bits per heavy atom. The van der Waals surface area contributed by atoms with E-state index < -0.39 is 24.5 Å². The lowest BCUT2D eigenvalue weighted by molar-refractivity contribution is -0.308. The minimum absolute atomic E-state index is 0.0753. The molecule has 12 heteroatoms. The van der Waals surface area contributed by atoms with Crippen molar-refractivity contribution in [2.75, 3.05) is 26.2 Å². The lowest BCUT2D eigenvalue weighted by Crippen LogP contribution is -2.50. The molecule has 0 bridgehead atoms. The van der Waals surface area contributed by atoms with Crippen molar-refractivity contribution >= 4 is 12.2 Å². The fraction of sp³-hybridized carbons (Fsp3) is 0.619. The van der Waals surface area contributed by atoms with Gasteiger partial charge in [0.2, 0.25) is 0 Å². The topological polar surface area (TPSA) is 66.9 Å². The van der Waals surface area contributed by atoms with E-state index in [2.05, 4.69) is 15.7 Å². The van der Waals surface area contributed by atoms with Crippen LogP contribution in [0.4, 0.5) is 31.1 Å². The second-order valence-corrected chi connectivity index (χ2v) is 8.37. The lowest BCUT2D eigenvalue weighted by atomic mass is 9.78. The maximum Gasteiger partial charge on any atom is 0.434 e. The number of likely N-dealkylation sites (tertiary alicyclic amines) is 2. The summed E-state index contributed by atoms with van der Waals surface area (Å²) in [7, 11) is 0. The predicted molar refractivity (Wildman–Crippen MR) is 102 cm³/mol. The molecule has 1 aromatic rings. The monoisotopic (exact) mass is 482 g/mol. The molecule has 2 aliphatic rings. The first-order valence-corrected chi connectivity index (χ1v) is 10.2. The Morgan fingerprint density at radius 3 is 2.12 bits per heavy atom. The molecule has 0 aliphatic carbocycles. The van der Waals surface area contributed by atoms with Crippen LogP contribution in [0.2, 0.25) is 0 Å². The fourth-order valence-corrected chi connectivity index (χ4v) is 4.30. The molecule has 2 saturated heterocycles. The summed E-state index contributed by atoms with van der Waals surface area (Å²) in [6.45, 7) is 4.62. The van der Waals surface area contributed by atoms with Crippen LogP contribution in [0.5, 0.6) is 0 Å². The van der Waals surface area contributed by atoms with E-state index in [4.69, 9.17) is 9.59 Å². The van der Waals surface area contributed by atoms with E-state index in [0.29, 0.717) is 12.8 Å². The number of hydrogen-bond acceptors (Lipinski definition) is 5. The number of hydrogen-bond donors (Lipinski definition) is 0. The van der Waals surface area contributed by atoms with Gasteiger partial charge in [-0.15, -0.1) is 0 Å². The Balaban J connectivity index is 0.00000122. The number of ether oxygens (including phenoxy) is 1. The highest BCUT2D eigenvalue weighted by Gasteiger charge is 2.60. The van der Waals surface area contributed by atoms with Gasteiger partial charge < -0.3 is 9.64 Å². The SMILES string of the molecule is Cc1cccc(CN2CCC3(CCN(C(=O)OC(C(F)(F)F)C(F)(F)F)CC3)C2)c1.O=C=O. The van der Waals surface area contributed by atoms with Crippen LogP contribution in [0.15, 0.2) is 24.3 Å². The quantitative estimate of drug-likeness (QED) is 0.601. The van der Waals surface area contributed by atoms with Crippen LogP contribution in [0.3, 0.4) is 0 Å². The van der Waals surface area contributed by atoms with E-state index in [1.165, 1.54) is 11.1 Å². The Morgan fingerprint density at radius 1 is 1.06 bits per heavy atom. The van der Waals surface area contributed by atoms with Gasteiger partial charge in [-0.05, 0) is 43.7 Å². The summed E-state index contributed by atoms with van der Waals surface area (Å²) >= 11 is 0. The van der Waals surface area contributed by atoms with Crippen LogP contribution >= 0.6 is 0 Å². The molecule has 184 valence electrons. The number of carbonyl (C=O) groups excluding carboxylic acids is 3. The first kappa shape index (κ1) is 26.7. The predicted octanol–water partition coefficient (Wildman–Crippen LogP) is 4.33. The molecule has 3 rings (SSSR count). The molecule has 0 unspecified atom stereocenters. The van der Waals surface area contributed by atoms with Crippen molar-refractivity contribution in [3.63, 3.8) is 0 Å². The highest BCUT2D eigenvalue weighted by atomic mass is 19.4. The largest absolute Gasteiger partial charge is 0.434 e. The van der Waals surface area contributed by atoms with E-state index in [1.54, 1.807) is 0 Å². The third-order valence-electron chi connectivity index (χ3n) is 5.90. The first-order valence-electron chi connectivity index (χ1n) is 10.2. The summed E-state index contributed by atoms with van der Waals surface area (Å²) in [5.74, 6) is 0. The highest BCUT2D eigenvalue weighted by Crippen LogP contribution is 2.41. The standard InChI is InChI=1S/C20H24F6N2O2.CO2/c1-14-3-2-4-15(11-14)12-27-8-5-18(13-27)6-9-28(10-7-18)17(29)30-16(19(21,22)23)20(24,25)26;2-1-3/h2-4,11,16H,5-10,12-13H2,1H3;. The molecule has 0 atom stereocenters. The molecule has 2 fully saturated rings. The van der Waals surface area contributed by atoms with Crippen molar-refractivity contribution in [1.29, 1.82) is 0 Å². The van der Waals surface area contributed by atoms with Gasteiger partial charge in [-0.25, -0.2) is 4.79 Å². The van der Waals surface area contributed by atoms with Gasteiger partial charge in [0, 0.05) is 26.2 Å². The molecule has 1 aromatic carbocycles. The van der Waals surface area contributed by atoms with Crippen molar-refractivity contribution in [2.45, 2.75) is 51.2 Å². The van der Waals surface area contributed by atoms with Crippen molar-refractivity contribution in [2.24, 2.45) is 5.41 Å². The summed E-state index contributed by atoms with van der Waals surface area (Å²) < 4.78 is 79.5. The van der Waals surface area contributed by atoms with Gasteiger partial charge >= 0.3 is 24.6 Å². The summed E-state index contributed by atoms with van der Waals surface area (Å²) in [6, 6.07) is 8.18. The van der Waals surface area contributed by atoms with Crippen LogP contribution in [0.1, 0.15) is 30.4 Å². The molecule has 1 amide bonds. The molecule has 2 heterocycles. The average Bonchev–Trinajstić information content (AvgIpc) is 3.07. The average molecular weight is 482 g/mol. The summed E-state index contributed by atoms with van der Waals surface area (Å²) in [5, 5.41) is 0. The second-order valence-electron chi connectivity index (χ2n) is 8.37. The molecule has 0 aromatic heterocycles. The van der Waals surface area contributed by atoms with Crippen LogP contribution in [0, 0.1) is 12.3 Å². The van der Waals surface area contributed by atoms with Gasteiger partial charge in [0.05, 0.1) is 0 Å². The number of nitrogens with zero attached hydrogens (tertiary/aromatic N) is 2. The summed E-state index contributed by atoms with van der Waals surface area (Å²) in [6.07, 6.45) is -14.9. The highest BCUT2D eigenvalue weighted by molar-refractivity contribution is 5.68. The summed E-state index contributed by atoms with van der Waals surface area (Å²) in [5.41, 5.74) is 2.29. The number of rotatable bonds is 3. The zero-order valence-corrected chi connectivity index (χ0v) is 17.8. The third kappa shape index (κ3) is 7.46. The molecule has 0 saturated carbocycles. The van der Waals surface area contributed by atoms with Crippen LogP contribution in [-0.4, -0.2) is 66.7 Å². The maximum atomic E-state index is 12.6. The van der Waals surface area contributed by atoms with Crippen LogP contribution in [-0.2, 0) is 20.9 Å². The second kappa shape index (κ2) is 10.6. The molecule has 0 N–H and O–H groups in total. The van der Waals surface area contributed by atoms with Gasteiger partial charge in [0.15, 0.2) is 0 Å². The Kier molecular flexibility index (Phi) is 8.53. The van der Waals surface area contributed by atoms with E-state index in [1.807, 2.05) is 25.1 Å². The van der Waals surface area contributed by atoms with Gasteiger partial charge in [0.1, 0.15) is 0 Å². The van der Waals surface area contributed by atoms with Gasteiger partial charge in [-0.3, -0.25) is 4.90 Å². The zero-order chi connectivity index (χ0) is 24.9. The molecular weight excluding hydrogens is 458 g/mol. The van der Waals surface area contributed by atoms with Crippen molar-refractivity contribution < 1.29 is 45.5 Å². The number of carbonyl (C=O) groups is 1. The molecular formula is C21H24F6N2O4. The van der Waals surface area contributed by atoms with E-state index >= 15 is 0 Å².